The number of aryl methyl sites for hydroxylation is 3. The average Bonchev–Trinajstić information content (AvgIpc) is 2.90. The van der Waals surface area contributed by atoms with E-state index in [4.69, 9.17) is 14.2 Å². The molecule has 2 amide bonds. The summed E-state index contributed by atoms with van der Waals surface area (Å²) < 4.78 is 57.2. The minimum atomic E-state index is -1.15. The predicted octanol–water partition coefficient (Wildman–Crippen LogP) is 8.29. The second kappa shape index (κ2) is 29.2. The van der Waals surface area contributed by atoms with E-state index in [9.17, 15) is 32.7 Å². The molecule has 3 aliphatic rings. The highest BCUT2D eigenvalue weighted by atomic mass is 32.1. The first-order valence-corrected chi connectivity index (χ1v) is 30.3. The lowest BCUT2D eigenvalue weighted by Gasteiger charge is -2.38. The first-order valence-electron chi connectivity index (χ1n) is 27.8. The SMILES string of the molecule is COCC1CN(C(=O)c2nc(N[C@@H](C)c3cncc(F)c3)nc3nc(C)sc23)C1.COCC1CN(C(=O)c2nc(N[C@@H](C)c3cncc(F)c3)nc3nc(C)sc23)C1.COCC1CNC1.Cc1nc2nc(N[C@@H](C)c3cncc(F)c3)nc(C(=O)O)c2s1. The number of rotatable bonds is 18. The Bertz CT molecular complexity index is 3750. The van der Waals surface area contributed by atoms with Crippen LogP contribution >= 0.6 is 34.0 Å². The minimum absolute atomic E-state index is 0.104. The van der Waals surface area contributed by atoms with Crippen molar-refractivity contribution >= 4 is 101 Å². The highest BCUT2D eigenvalue weighted by molar-refractivity contribution is 7.19. The predicted molar refractivity (Wildman–Crippen MR) is 326 cm³/mol. The Morgan fingerprint density at radius 2 is 0.841 bits per heavy atom. The zero-order valence-electron chi connectivity index (χ0n) is 49.5. The minimum Gasteiger partial charge on any atom is -0.476 e. The zero-order chi connectivity index (χ0) is 62.8. The van der Waals surface area contributed by atoms with Crippen molar-refractivity contribution in [3.63, 3.8) is 0 Å². The van der Waals surface area contributed by atoms with Crippen LogP contribution in [0.15, 0.2) is 55.4 Å². The molecule has 3 aliphatic heterocycles. The summed E-state index contributed by atoms with van der Waals surface area (Å²) in [4.78, 5) is 91.7. The molecule has 0 aromatic carbocycles. The van der Waals surface area contributed by atoms with Crippen molar-refractivity contribution in [3.8, 4) is 0 Å². The first kappa shape index (κ1) is 64.3. The summed E-state index contributed by atoms with van der Waals surface area (Å²) in [6.45, 7) is 18.0. The lowest BCUT2D eigenvalue weighted by Crippen LogP contribution is -2.51. The molecule has 31 heteroatoms. The van der Waals surface area contributed by atoms with Gasteiger partial charge in [0.25, 0.3) is 11.8 Å². The number of amides is 2. The number of anilines is 3. The third kappa shape index (κ3) is 16.1. The lowest BCUT2D eigenvalue weighted by atomic mass is 10.0. The molecule has 9 aromatic rings. The van der Waals surface area contributed by atoms with Gasteiger partial charge in [-0.15, -0.1) is 34.0 Å². The van der Waals surface area contributed by atoms with Gasteiger partial charge in [-0.05, 0) is 76.4 Å². The van der Waals surface area contributed by atoms with E-state index in [1.165, 1.54) is 58.4 Å². The first-order chi connectivity index (χ1) is 42.2. The highest BCUT2D eigenvalue weighted by Gasteiger charge is 2.35. The number of nitrogens with zero attached hydrogens (tertiary/aromatic N) is 14. The van der Waals surface area contributed by atoms with Gasteiger partial charge in [0.1, 0.15) is 31.6 Å². The number of hydrogen-bond acceptors (Lipinski definition) is 25. The molecule has 0 spiro atoms. The van der Waals surface area contributed by atoms with Gasteiger partial charge in [-0.1, -0.05) is 0 Å². The maximum atomic E-state index is 13.5. The molecule has 3 saturated heterocycles. The largest absolute Gasteiger partial charge is 0.476 e. The van der Waals surface area contributed by atoms with E-state index in [0.717, 1.165) is 54.2 Å². The summed E-state index contributed by atoms with van der Waals surface area (Å²) in [5.41, 5.74) is 3.76. The number of aromatic carboxylic acids is 1. The van der Waals surface area contributed by atoms with Crippen molar-refractivity contribution < 1.29 is 46.9 Å². The van der Waals surface area contributed by atoms with Gasteiger partial charge >= 0.3 is 5.97 Å². The standard InChI is InChI=1S/2C19H21FN6O2S.C14H12FN5O2S.C5H11NO/c2*1-10(13-4-14(20)6-21-5-13)22-19-24-15(16-17(25-19)23-11(2)29-16)18(27)26-7-12(8-26)9-28-3;1-6(8-3-9(15)5-16-4-8)17-14-19-10(13(21)22)11-12(20-14)18-7(2)23-11;1-7-4-5-2-6-3-5/h2*4-6,10,12H,7-9H2,1-3H3,(H,22,24,25);3-6H,1-2H3,(H,21,22)(H,17,19,20);5-6H,2-4H2,1H3/t2*10-;6-;/m000./s1. The second-order valence-corrected chi connectivity index (χ2v) is 24.7. The van der Waals surface area contributed by atoms with E-state index in [2.05, 4.69) is 81.1 Å². The third-order valence-electron chi connectivity index (χ3n) is 14.0. The molecular formula is C57H65F3N18O7S3. The van der Waals surface area contributed by atoms with Crippen molar-refractivity contribution in [2.75, 3.05) is 96.4 Å². The van der Waals surface area contributed by atoms with Gasteiger partial charge in [-0.25, -0.2) is 47.9 Å². The molecule has 0 saturated carbocycles. The van der Waals surface area contributed by atoms with Gasteiger partial charge in [0, 0.05) is 96.9 Å². The summed E-state index contributed by atoms with van der Waals surface area (Å²) in [7, 11) is 5.07. The molecule has 0 unspecified atom stereocenters. The Morgan fingerprint density at radius 3 is 1.12 bits per heavy atom. The summed E-state index contributed by atoms with van der Waals surface area (Å²) >= 11 is 4.03. The fourth-order valence-electron chi connectivity index (χ4n) is 9.39. The molecule has 12 heterocycles. The van der Waals surface area contributed by atoms with E-state index in [1.807, 2.05) is 27.7 Å². The van der Waals surface area contributed by atoms with E-state index in [0.29, 0.717) is 115 Å². The van der Waals surface area contributed by atoms with Crippen LogP contribution in [-0.2, 0) is 14.2 Å². The fourth-order valence-corrected chi connectivity index (χ4v) is 11.9. The average molecular weight is 1270 g/mol. The normalized spacial score (nSPS) is 15.1. The Balaban J connectivity index is 0.000000149. The van der Waals surface area contributed by atoms with Gasteiger partial charge < -0.3 is 50.4 Å². The molecule has 12 rings (SSSR count). The van der Waals surface area contributed by atoms with Crippen LogP contribution in [0.1, 0.15) is 102 Å². The molecule has 0 aliphatic carbocycles. The van der Waals surface area contributed by atoms with Crippen LogP contribution in [0.25, 0.3) is 31.0 Å². The van der Waals surface area contributed by atoms with Gasteiger partial charge in [-0.3, -0.25) is 24.5 Å². The number of pyridine rings is 3. The topological polar surface area (TPSA) is 308 Å². The molecule has 0 bridgehead atoms. The van der Waals surface area contributed by atoms with Crippen LogP contribution in [-0.4, -0.2) is 173 Å². The van der Waals surface area contributed by atoms with Crippen molar-refractivity contribution in [1.29, 1.82) is 0 Å². The van der Waals surface area contributed by atoms with E-state index >= 15 is 0 Å². The Morgan fingerprint density at radius 1 is 0.523 bits per heavy atom. The number of ether oxygens (including phenoxy) is 3. The molecular weight excluding hydrogens is 1200 g/mol. The van der Waals surface area contributed by atoms with Crippen LogP contribution in [0.3, 0.4) is 0 Å². The number of aromatic nitrogens is 12. The molecule has 25 nitrogen and oxygen atoms in total. The van der Waals surface area contributed by atoms with Crippen LogP contribution < -0.4 is 21.3 Å². The van der Waals surface area contributed by atoms with Crippen molar-refractivity contribution in [1.82, 2.24) is 74.9 Å². The maximum absolute atomic E-state index is 13.5. The van der Waals surface area contributed by atoms with Gasteiger partial charge in [0.15, 0.2) is 34.0 Å². The number of fused-ring (bicyclic) bond motifs is 3. The quantitative estimate of drug-likeness (QED) is 0.0539. The van der Waals surface area contributed by atoms with Crippen molar-refractivity contribution in [2.24, 2.45) is 17.8 Å². The third-order valence-corrected chi connectivity index (χ3v) is 16.9. The number of carboxylic acids is 1. The lowest BCUT2D eigenvalue weighted by molar-refractivity contribution is 0.0263. The summed E-state index contributed by atoms with van der Waals surface area (Å²) in [6, 6.07) is 3.20. The monoisotopic (exact) mass is 1270 g/mol. The van der Waals surface area contributed by atoms with Crippen LogP contribution in [0, 0.1) is 56.0 Å². The number of nitrogens with one attached hydrogen (secondary N) is 4. The Labute approximate surface area is 515 Å². The summed E-state index contributed by atoms with van der Waals surface area (Å²) in [5.74, 6) is -0.546. The molecule has 9 aromatic heterocycles. The zero-order valence-corrected chi connectivity index (χ0v) is 52.0. The van der Waals surface area contributed by atoms with Gasteiger partial charge in [0.05, 0.1) is 71.6 Å². The van der Waals surface area contributed by atoms with Crippen LogP contribution in [0.5, 0.6) is 0 Å². The highest BCUT2D eigenvalue weighted by Crippen LogP contribution is 2.32. The van der Waals surface area contributed by atoms with Crippen molar-refractivity contribution in [2.45, 2.75) is 59.7 Å². The Kier molecular flexibility index (Phi) is 21.3. The number of carbonyl (C=O) groups excluding carboxylic acids is 2. The maximum Gasteiger partial charge on any atom is 0.356 e. The number of thiazole rings is 3. The smallest absolute Gasteiger partial charge is 0.356 e. The molecule has 5 N–H and O–H groups in total. The Hall–Kier alpha value is -8.20. The second-order valence-electron chi connectivity index (χ2n) is 21.1. The van der Waals surface area contributed by atoms with Gasteiger partial charge in [0.2, 0.25) is 17.8 Å². The molecule has 3 fully saturated rings. The summed E-state index contributed by atoms with van der Waals surface area (Å²) in [6.07, 6.45) is 8.08. The number of halogens is 3. The fraction of sp³-hybridized carbons (Fsp3) is 0.421. The van der Waals surface area contributed by atoms with Crippen LogP contribution in [0.4, 0.5) is 31.0 Å². The number of hydrogen-bond donors (Lipinski definition) is 5. The number of carbonyl (C=O) groups is 3. The molecule has 88 heavy (non-hydrogen) atoms. The summed E-state index contributed by atoms with van der Waals surface area (Å²) in [5, 5.41) is 24.0. The van der Waals surface area contributed by atoms with E-state index < -0.39 is 23.4 Å². The number of carboxylic acid groups (broad SMARTS) is 1. The van der Waals surface area contributed by atoms with Crippen LogP contribution in [0.2, 0.25) is 0 Å². The van der Waals surface area contributed by atoms with E-state index in [-0.39, 0.29) is 53.5 Å². The molecule has 3 atom stereocenters. The molecule has 464 valence electrons. The van der Waals surface area contributed by atoms with E-state index in [1.54, 1.807) is 57.4 Å². The van der Waals surface area contributed by atoms with Crippen molar-refractivity contribution in [3.05, 3.63) is 122 Å². The van der Waals surface area contributed by atoms with Gasteiger partial charge in [-0.2, -0.15) is 15.0 Å². The molecule has 0 radical (unpaired) electrons. The number of methoxy groups -OCH3 is 3. The number of likely N-dealkylation sites (tertiary alicyclic amines) is 2.